The van der Waals surface area contributed by atoms with Gasteiger partial charge < -0.3 is 14.7 Å². The number of morpholine rings is 1. The van der Waals surface area contributed by atoms with Crippen molar-refractivity contribution in [2.24, 2.45) is 0 Å². The molecular weight excluding hydrogens is 302 g/mol. The number of nitrogens with zero attached hydrogens (tertiary/aromatic N) is 4. The fraction of sp³-hybridized carbons (Fsp3) is 0.429. The number of aliphatic hydroxyl groups excluding tert-OH is 1. The van der Waals surface area contributed by atoms with Crippen molar-refractivity contribution in [3.63, 3.8) is 0 Å². The second kappa shape index (κ2) is 6.31. The van der Waals surface area contributed by atoms with Crippen LogP contribution < -0.4 is 4.90 Å². The van der Waals surface area contributed by atoms with Crippen molar-refractivity contribution < 1.29 is 14.8 Å². The first kappa shape index (κ1) is 15.4. The molecule has 1 aliphatic heterocycles. The molecule has 1 aliphatic rings. The van der Waals surface area contributed by atoms with Crippen molar-refractivity contribution in [2.75, 3.05) is 24.6 Å². The quantitative estimate of drug-likeness (QED) is 0.640. The maximum atomic E-state index is 11.3. The SMILES string of the molecule is Cc1nc(C2CN(c3cc(CO)ccc3[N+](=O)[O-])CCO2)n[nH]1. The highest BCUT2D eigenvalue weighted by atomic mass is 16.6. The largest absolute Gasteiger partial charge is 0.392 e. The zero-order chi connectivity index (χ0) is 16.4. The Morgan fingerprint density at radius 2 is 2.39 bits per heavy atom. The molecule has 1 saturated heterocycles. The van der Waals surface area contributed by atoms with Crippen LogP contribution >= 0.6 is 0 Å². The summed E-state index contributed by atoms with van der Waals surface area (Å²) in [6.07, 6.45) is -0.355. The van der Waals surface area contributed by atoms with Crippen LogP contribution in [0.3, 0.4) is 0 Å². The van der Waals surface area contributed by atoms with E-state index >= 15 is 0 Å². The summed E-state index contributed by atoms with van der Waals surface area (Å²) >= 11 is 0. The third kappa shape index (κ3) is 3.15. The van der Waals surface area contributed by atoms with Crippen molar-refractivity contribution in [3.8, 4) is 0 Å². The van der Waals surface area contributed by atoms with E-state index in [0.29, 0.717) is 42.6 Å². The molecule has 122 valence electrons. The molecule has 2 aromatic rings. The van der Waals surface area contributed by atoms with E-state index in [0.717, 1.165) is 0 Å². The number of benzene rings is 1. The van der Waals surface area contributed by atoms with Crippen LogP contribution in [0.25, 0.3) is 0 Å². The Hall–Kier alpha value is -2.52. The Bertz CT molecular complexity index is 717. The Balaban J connectivity index is 1.90. The van der Waals surface area contributed by atoms with Crippen molar-refractivity contribution in [1.82, 2.24) is 15.2 Å². The average molecular weight is 319 g/mol. The molecule has 9 nitrogen and oxygen atoms in total. The van der Waals surface area contributed by atoms with Crippen LogP contribution in [-0.4, -0.2) is 44.9 Å². The third-order valence-corrected chi connectivity index (χ3v) is 3.73. The third-order valence-electron chi connectivity index (χ3n) is 3.73. The monoisotopic (exact) mass is 319 g/mol. The number of aryl methyl sites for hydroxylation is 1. The van der Waals surface area contributed by atoms with Gasteiger partial charge in [-0.3, -0.25) is 15.2 Å². The molecule has 9 heteroatoms. The fourth-order valence-corrected chi connectivity index (χ4v) is 2.60. The van der Waals surface area contributed by atoms with Crippen molar-refractivity contribution in [2.45, 2.75) is 19.6 Å². The van der Waals surface area contributed by atoms with Crippen LogP contribution in [-0.2, 0) is 11.3 Å². The molecule has 23 heavy (non-hydrogen) atoms. The van der Waals surface area contributed by atoms with E-state index in [2.05, 4.69) is 15.2 Å². The molecule has 3 rings (SSSR count). The zero-order valence-corrected chi connectivity index (χ0v) is 12.6. The van der Waals surface area contributed by atoms with Gasteiger partial charge in [0.1, 0.15) is 17.6 Å². The minimum Gasteiger partial charge on any atom is -0.392 e. The highest BCUT2D eigenvalue weighted by molar-refractivity contribution is 5.64. The Labute approximate surface area is 132 Å². The number of nitro benzene ring substituents is 1. The second-order valence-electron chi connectivity index (χ2n) is 5.32. The van der Waals surface area contributed by atoms with Crippen LogP contribution in [0.2, 0.25) is 0 Å². The first-order valence-electron chi connectivity index (χ1n) is 7.22. The van der Waals surface area contributed by atoms with E-state index in [1.54, 1.807) is 19.1 Å². The molecule has 0 aliphatic carbocycles. The zero-order valence-electron chi connectivity index (χ0n) is 12.6. The Kier molecular flexibility index (Phi) is 4.22. The van der Waals surface area contributed by atoms with Gasteiger partial charge in [0.25, 0.3) is 5.69 Å². The maximum absolute atomic E-state index is 11.3. The van der Waals surface area contributed by atoms with E-state index < -0.39 is 4.92 Å². The standard InChI is InChI=1S/C14H17N5O4/c1-9-15-14(17-16-9)13-7-18(4-5-23-13)12-6-10(8-20)2-3-11(12)19(21)22/h2-3,6,13,20H,4-5,7-8H2,1H3,(H,15,16,17). The number of ether oxygens (including phenoxy) is 1. The van der Waals surface area contributed by atoms with Gasteiger partial charge in [-0.25, -0.2) is 4.98 Å². The van der Waals surface area contributed by atoms with Gasteiger partial charge in [0.2, 0.25) is 0 Å². The molecule has 0 amide bonds. The normalized spacial score (nSPS) is 18.2. The van der Waals surface area contributed by atoms with Gasteiger partial charge in [0.15, 0.2) is 5.82 Å². The van der Waals surface area contributed by atoms with Gasteiger partial charge >= 0.3 is 0 Å². The lowest BCUT2D eigenvalue weighted by Gasteiger charge is -2.33. The van der Waals surface area contributed by atoms with Crippen LogP contribution in [0, 0.1) is 17.0 Å². The second-order valence-corrected chi connectivity index (χ2v) is 5.32. The van der Waals surface area contributed by atoms with Crippen molar-refractivity contribution in [1.29, 1.82) is 0 Å². The molecule has 1 atom stereocenters. The van der Waals surface area contributed by atoms with Gasteiger partial charge in [-0.2, -0.15) is 5.10 Å². The number of hydrogen-bond donors (Lipinski definition) is 2. The molecule has 1 unspecified atom stereocenters. The van der Waals surface area contributed by atoms with Crippen LogP contribution in [0.1, 0.15) is 23.3 Å². The molecule has 0 bridgehead atoms. The number of nitrogens with one attached hydrogen (secondary N) is 1. The van der Waals surface area contributed by atoms with Crippen LogP contribution in [0.4, 0.5) is 11.4 Å². The molecule has 2 N–H and O–H groups in total. The van der Waals surface area contributed by atoms with Gasteiger partial charge in [-0.05, 0) is 24.6 Å². The molecule has 1 aromatic heterocycles. The Morgan fingerprint density at radius 3 is 3.04 bits per heavy atom. The summed E-state index contributed by atoms with van der Waals surface area (Å²) in [4.78, 5) is 17.0. The first-order valence-corrected chi connectivity index (χ1v) is 7.22. The summed E-state index contributed by atoms with van der Waals surface area (Å²) < 4.78 is 5.68. The number of hydrogen-bond acceptors (Lipinski definition) is 7. The number of nitro groups is 1. The molecule has 1 aromatic carbocycles. The van der Waals surface area contributed by atoms with Gasteiger partial charge in [-0.1, -0.05) is 0 Å². The van der Waals surface area contributed by atoms with Crippen LogP contribution in [0.15, 0.2) is 18.2 Å². The summed E-state index contributed by atoms with van der Waals surface area (Å²) in [5, 5.41) is 27.4. The molecule has 1 fully saturated rings. The number of aromatic amines is 1. The van der Waals surface area contributed by atoms with Gasteiger partial charge in [-0.15, -0.1) is 0 Å². The van der Waals surface area contributed by atoms with E-state index in [9.17, 15) is 15.2 Å². The predicted molar refractivity (Wildman–Crippen MR) is 81.0 cm³/mol. The van der Waals surface area contributed by atoms with Gasteiger partial charge in [0.05, 0.1) is 24.7 Å². The smallest absolute Gasteiger partial charge is 0.292 e. The summed E-state index contributed by atoms with van der Waals surface area (Å²) in [7, 11) is 0. The average Bonchev–Trinajstić information content (AvgIpc) is 3.01. The first-order chi connectivity index (χ1) is 11.1. The topological polar surface area (TPSA) is 117 Å². The van der Waals surface area contributed by atoms with E-state index in [4.69, 9.17) is 4.74 Å². The minimum absolute atomic E-state index is 0.00835. The molecular formula is C14H17N5O4. The number of rotatable bonds is 4. The van der Waals surface area contributed by atoms with E-state index in [-0.39, 0.29) is 18.4 Å². The molecule has 2 heterocycles. The lowest BCUT2D eigenvalue weighted by molar-refractivity contribution is -0.384. The molecule has 0 radical (unpaired) electrons. The lowest BCUT2D eigenvalue weighted by Crippen LogP contribution is -2.39. The maximum Gasteiger partial charge on any atom is 0.292 e. The predicted octanol–water partition coefficient (Wildman–Crippen LogP) is 1.09. The molecule has 0 saturated carbocycles. The highest BCUT2D eigenvalue weighted by Gasteiger charge is 2.29. The summed E-state index contributed by atoms with van der Waals surface area (Å²) in [5.74, 6) is 1.22. The Morgan fingerprint density at radius 1 is 1.57 bits per heavy atom. The molecule has 0 spiro atoms. The summed E-state index contributed by atoms with van der Waals surface area (Å²) in [5.41, 5.74) is 1.11. The number of H-pyrrole nitrogens is 1. The van der Waals surface area contributed by atoms with Crippen molar-refractivity contribution in [3.05, 3.63) is 45.5 Å². The summed E-state index contributed by atoms with van der Waals surface area (Å²) in [6, 6.07) is 4.62. The number of aromatic nitrogens is 3. The number of aliphatic hydroxyl groups is 1. The van der Waals surface area contributed by atoms with Gasteiger partial charge in [0, 0.05) is 12.6 Å². The highest BCUT2D eigenvalue weighted by Crippen LogP contribution is 2.32. The fourth-order valence-electron chi connectivity index (χ4n) is 2.60. The number of anilines is 1. The lowest BCUT2D eigenvalue weighted by atomic mass is 10.1. The minimum atomic E-state index is -0.419. The van der Waals surface area contributed by atoms with Crippen molar-refractivity contribution >= 4 is 11.4 Å². The van der Waals surface area contributed by atoms with Crippen LogP contribution in [0.5, 0.6) is 0 Å². The summed E-state index contributed by atoms with van der Waals surface area (Å²) in [6.45, 7) is 2.98. The van der Waals surface area contributed by atoms with E-state index in [1.807, 2.05) is 4.90 Å². The van der Waals surface area contributed by atoms with E-state index in [1.165, 1.54) is 6.07 Å².